The first-order valence-corrected chi connectivity index (χ1v) is 6.32. The molecule has 0 unspecified atom stereocenters. The number of aromatic nitrogens is 2. The molecule has 0 saturated heterocycles. The van der Waals surface area contributed by atoms with Gasteiger partial charge in [0.25, 0.3) is 0 Å². The Hall–Kier alpha value is -1.61. The van der Waals surface area contributed by atoms with Gasteiger partial charge in [-0.2, -0.15) is 5.10 Å². The van der Waals surface area contributed by atoms with Gasteiger partial charge in [0.05, 0.1) is 16.9 Å². The van der Waals surface area contributed by atoms with E-state index in [1.54, 1.807) is 6.20 Å². The summed E-state index contributed by atoms with van der Waals surface area (Å²) in [6, 6.07) is 9.36. The van der Waals surface area contributed by atoms with Crippen molar-refractivity contribution in [3.05, 3.63) is 52.8 Å². The Morgan fingerprint density at radius 2 is 2.06 bits per heavy atom. The second-order valence-corrected chi connectivity index (χ2v) is 4.60. The molecule has 0 fully saturated rings. The number of aryl methyl sites for hydroxylation is 1. The molecular formula is C14H15ClN2O. The second-order valence-electron chi connectivity index (χ2n) is 4.19. The summed E-state index contributed by atoms with van der Waals surface area (Å²) in [5.74, 6) is 0.173. The fraction of sp³-hybridized carbons (Fsp3) is 0.286. The lowest BCUT2D eigenvalue weighted by Gasteiger charge is -2.04. The highest BCUT2D eigenvalue weighted by atomic mass is 35.5. The number of carbonyl (C=O) groups excluding carboxylic acids is 1. The Kier molecular flexibility index (Phi) is 4.15. The van der Waals surface area contributed by atoms with E-state index in [1.807, 2.05) is 41.9 Å². The van der Waals surface area contributed by atoms with Crippen molar-refractivity contribution >= 4 is 17.4 Å². The minimum absolute atomic E-state index is 0.173. The van der Waals surface area contributed by atoms with Gasteiger partial charge in [-0.05, 0) is 13.3 Å². The number of benzene rings is 1. The molecule has 1 aromatic carbocycles. The first kappa shape index (κ1) is 12.8. The minimum atomic E-state index is 0.173. The summed E-state index contributed by atoms with van der Waals surface area (Å²) in [4.78, 5) is 11.9. The van der Waals surface area contributed by atoms with Crippen LogP contribution in [0.5, 0.6) is 0 Å². The third-order valence-electron chi connectivity index (χ3n) is 2.91. The lowest BCUT2D eigenvalue weighted by atomic mass is 10.1. The SMILES string of the molecule is Cc1c(Cl)cnn1CCCC(=O)c1ccccc1. The smallest absolute Gasteiger partial charge is 0.162 e. The summed E-state index contributed by atoms with van der Waals surface area (Å²) < 4.78 is 1.83. The molecule has 4 heteroatoms. The molecular weight excluding hydrogens is 248 g/mol. The van der Waals surface area contributed by atoms with Gasteiger partial charge in [0.2, 0.25) is 0 Å². The molecule has 0 N–H and O–H groups in total. The van der Waals surface area contributed by atoms with Crippen LogP contribution in [0.3, 0.4) is 0 Å². The van der Waals surface area contributed by atoms with Crippen LogP contribution in [0.1, 0.15) is 28.9 Å². The van der Waals surface area contributed by atoms with Crippen LogP contribution in [0, 0.1) is 6.92 Å². The zero-order valence-corrected chi connectivity index (χ0v) is 11.0. The average Bonchev–Trinajstić information content (AvgIpc) is 2.71. The normalized spacial score (nSPS) is 10.6. The minimum Gasteiger partial charge on any atom is -0.294 e. The Bertz CT molecular complexity index is 534. The standard InChI is InChI=1S/C14H15ClN2O/c1-11-13(15)10-16-17(11)9-5-8-14(18)12-6-3-2-4-7-12/h2-4,6-7,10H,5,8-9H2,1H3. The number of nitrogens with zero attached hydrogens (tertiary/aromatic N) is 2. The van der Waals surface area contributed by atoms with Gasteiger partial charge in [-0.3, -0.25) is 9.48 Å². The van der Waals surface area contributed by atoms with Gasteiger partial charge < -0.3 is 0 Å². The second kappa shape index (κ2) is 5.83. The first-order valence-electron chi connectivity index (χ1n) is 5.94. The van der Waals surface area contributed by atoms with Crippen molar-refractivity contribution in [2.45, 2.75) is 26.3 Å². The number of Topliss-reactive ketones (excluding diaryl/α,β-unsaturated/α-hetero) is 1. The summed E-state index contributed by atoms with van der Waals surface area (Å²) in [6.07, 6.45) is 2.93. The molecule has 1 aromatic heterocycles. The maximum Gasteiger partial charge on any atom is 0.162 e. The van der Waals surface area contributed by atoms with Crippen molar-refractivity contribution in [2.75, 3.05) is 0 Å². The van der Waals surface area contributed by atoms with Gasteiger partial charge in [-0.15, -0.1) is 0 Å². The number of carbonyl (C=O) groups is 1. The van der Waals surface area contributed by atoms with Crippen LogP contribution in [0.4, 0.5) is 0 Å². The monoisotopic (exact) mass is 262 g/mol. The van der Waals surface area contributed by atoms with Crippen molar-refractivity contribution in [2.24, 2.45) is 0 Å². The third kappa shape index (κ3) is 2.99. The van der Waals surface area contributed by atoms with Crippen molar-refractivity contribution in [3.8, 4) is 0 Å². The highest BCUT2D eigenvalue weighted by Gasteiger charge is 2.07. The molecule has 0 bridgehead atoms. The largest absolute Gasteiger partial charge is 0.294 e. The van der Waals surface area contributed by atoms with E-state index in [1.165, 1.54) is 0 Å². The van der Waals surface area contributed by atoms with E-state index >= 15 is 0 Å². The van der Waals surface area contributed by atoms with Crippen LogP contribution >= 0.6 is 11.6 Å². The van der Waals surface area contributed by atoms with E-state index in [-0.39, 0.29) is 5.78 Å². The topological polar surface area (TPSA) is 34.9 Å². The maximum atomic E-state index is 11.9. The Morgan fingerprint density at radius 1 is 1.33 bits per heavy atom. The van der Waals surface area contributed by atoms with E-state index in [0.717, 1.165) is 24.2 Å². The summed E-state index contributed by atoms with van der Waals surface area (Å²) in [5, 5.41) is 4.83. The molecule has 18 heavy (non-hydrogen) atoms. The maximum absolute atomic E-state index is 11.9. The van der Waals surface area contributed by atoms with Crippen LogP contribution in [0.2, 0.25) is 5.02 Å². The third-order valence-corrected chi connectivity index (χ3v) is 3.28. The zero-order chi connectivity index (χ0) is 13.0. The van der Waals surface area contributed by atoms with Gasteiger partial charge in [0.15, 0.2) is 5.78 Å². The van der Waals surface area contributed by atoms with Crippen LogP contribution in [-0.4, -0.2) is 15.6 Å². The molecule has 0 amide bonds. The Balaban J connectivity index is 1.86. The molecule has 0 saturated carbocycles. The number of halogens is 1. The lowest BCUT2D eigenvalue weighted by Crippen LogP contribution is -2.05. The molecule has 0 atom stereocenters. The summed E-state index contributed by atoms with van der Waals surface area (Å²) >= 11 is 5.92. The van der Waals surface area contributed by atoms with Crippen LogP contribution in [0.25, 0.3) is 0 Å². The highest BCUT2D eigenvalue weighted by molar-refractivity contribution is 6.31. The summed E-state index contributed by atoms with van der Waals surface area (Å²) in [5.41, 5.74) is 1.72. The van der Waals surface area contributed by atoms with Gasteiger partial charge in [-0.1, -0.05) is 41.9 Å². The van der Waals surface area contributed by atoms with E-state index in [2.05, 4.69) is 5.10 Å². The fourth-order valence-corrected chi connectivity index (χ4v) is 1.95. The molecule has 3 nitrogen and oxygen atoms in total. The van der Waals surface area contributed by atoms with Crippen LogP contribution < -0.4 is 0 Å². The van der Waals surface area contributed by atoms with Gasteiger partial charge in [0.1, 0.15) is 0 Å². The molecule has 2 rings (SSSR count). The number of hydrogen-bond donors (Lipinski definition) is 0. The molecule has 0 spiro atoms. The first-order chi connectivity index (χ1) is 8.68. The van der Waals surface area contributed by atoms with Gasteiger partial charge >= 0.3 is 0 Å². The highest BCUT2D eigenvalue weighted by Crippen LogP contribution is 2.14. The molecule has 1 heterocycles. The fourth-order valence-electron chi connectivity index (χ4n) is 1.81. The average molecular weight is 263 g/mol. The van der Waals surface area contributed by atoms with E-state index in [4.69, 9.17) is 11.6 Å². The van der Waals surface area contributed by atoms with E-state index in [0.29, 0.717) is 11.4 Å². The van der Waals surface area contributed by atoms with Crippen LogP contribution in [-0.2, 0) is 6.54 Å². The van der Waals surface area contributed by atoms with Crippen LogP contribution in [0.15, 0.2) is 36.5 Å². The predicted octanol–water partition coefficient (Wildman–Crippen LogP) is 3.51. The van der Waals surface area contributed by atoms with Crippen molar-refractivity contribution in [3.63, 3.8) is 0 Å². The quantitative estimate of drug-likeness (QED) is 0.773. The number of ketones is 1. The Labute approximate surface area is 111 Å². The van der Waals surface area contributed by atoms with Crippen molar-refractivity contribution in [1.29, 1.82) is 0 Å². The van der Waals surface area contributed by atoms with Gasteiger partial charge in [0, 0.05) is 18.5 Å². The van der Waals surface area contributed by atoms with E-state index < -0.39 is 0 Å². The Morgan fingerprint density at radius 3 is 2.67 bits per heavy atom. The predicted molar refractivity (Wildman–Crippen MR) is 72.0 cm³/mol. The van der Waals surface area contributed by atoms with Gasteiger partial charge in [-0.25, -0.2) is 0 Å². The summed E-state index contributed by atoms with van der Waals surface area (Å²) in [7, 11) is 0. The van der Waals surface area contributed by atoms with Crippen molar-refractivity contribution in [1.82, 2.24) is 9.78 Å². The molecule has 2 aromatic rings. The van der Waals surface area contributed by atoms with Crippen molar-refractivity contribution < 1.29 is 4.79 Å². The zero-order valence-electron chi connectivity index (χ0n) is 10.3. The number of hydrogen-bond acceptors (Lipinski definition) is 2. The molecule has 0 aliphatic heterocycles. The molecule has 0 aliphatic rings. The molecule has 0 aliphatic carbocycles. The molecule has 0 radical (unpaired) electrons. The lowest BCUT2D eigenvalue weighted by molar-refractivity contribution is 0.0978. The molecule has 94 valence electrons. The number of rotatable bonds is 5. The summed E-state index contributed by atoms with van der Waals surface area (Å²) in [6.45, 7) is 2.64. The van der Waals surface area contributed by atoms with E-state index in [9.17, 15) is 4.79 Å².